The van der Waals surface area contributed by atoms with Crippen molar-refractivity contribution in [1.29, 1.82) is 0 Å². The summed E-state index contributed by atoms with van der Waals surface area (Å²) < 4.78 is 5.54. The Labute approximate surface area is 160 Å². The summed E-state index contributed by atoms with van der Waals surface area (Å²) >= 11 is 0. The molecule has 1 N–H and O–H groups in total. The van der Waals surface area contributed by atoms with Crippen LogP contribution < -0.4 is 10.1 Å². The molecule has 2 atom stereocenters. The Hall–Kier alpha value is -2.04. The number of nitrogens with zero attached hydrogens (tertiary/aromatic N) is 1. The first kappa shape index (κ1) is 18.7. The van der Waals surface area contributed by atoms with Crippen molar-refractivity contribution in [3.63, 3.8) is 0 Å². The summed E-state index contributed by atoms with van der Waals surface area (Å²) in [6, 6.07) is 16.4. The van der Waals surface area contributed by atoms with E-state index in [0.717, 1.165) is 43.8 Å². The SMILES string of the molecule is COc1ccccc1C1CNCCN1C(=O)C1CCc2ccccc21.Cl. The van der Waals surface area contributed by atoms with E-state index < -0.39 is 0 Å². The third-order valence-corrected chi connectivity index (χ3v) is 5.46. The van der Waals surface area contributed by atoms with Crippen molar-refractivity contribution >= 4 is 18.3 Å². The minimum atomic E-state index is -0.00786. The van der Waals surface area contributed by atoms with Crippen LogP contribution in [0.3, 0.4) is 0 Å². The third kappa shape index (κ3) is 3.31. The van der Waals surface area contributed by atoms with Gasteiger partial charge in [0.05, 0.1) is 19.1 Å². The number of carbonyl (C=O) groups excluding carboxylic acids is 1. The fourth-order valence-corrected chi connectivity index (χ4v) is 4.20. The number of fused-ring (bicyclic) bond motifs is 1. The van der Waals surface area contributed by atoms with Crippen molar-refractivity contribution in [3.05, 3.63) is 65.2 Å². The first-order valence-electron chi connectivity index (χ1n) is 9.01. The molecule has 4 rings (SSSR count). The average molecular weight is 373 g/mol. The van der Waals surface area contributed by atoms with E-state index in [0.29, 0.717) is 0 Å². The van der Waals surface area contributed by atoms with Gasteiger partial charge in [-0.1, -0.05) is 42.5 Å². The highest BCUT2D eigenvalue weighted by atomic mass is 35.5. The first-order chi connectivity index (χ1) is 12.3. The molecular weight excluding hydrogens is 348 g/mol. The van der Waals surface area contributed by atoms with Crippen LogP contribution in [0.5, 0.6) is 5.75 Å². The summed E-state index contributed by atoms with van der Waals surface area (Å²) in [4.78, 5) is 15.5. The van der Waals surface area contributed by atoms with Crippen molar-refractivity contribution in [3.8, 4) is 5.75 Å². The number of hydrogen-bond donors (Lipinski definition) is 1. The Balaban J connectivity index is 0.00000196. The zero-order valence-electron chi connectivity index (χ0n) is 15.0. The molecule has 1 aliphatic carbocycles. The van der Waals surface area contributed by atoms with Crippen molar-refractivity contribution < 1.29 is 9.53 Å². The standard InChI is InChI=1S/C21H24N2O2.ClH/c1-25-20-9-5-4-8-18(20)19-14-22-12-13-23(19)21(24)17-11-10-15-6-2-3-7-16(15)17;/h2-9,17,19,22H,10-14H2,1H3;1H. The van der Waals surface area contributed by atoms with Gasteiger partial charge in [0.1, 0.15) is 5.75 Å². The van der Waals surface area contributed by atoms with Gasteiger partial charge in [0, 0.05) is 25.2 Å². The summed E-state index contributed by atoms with van der Waals surface area (Å²) in [6.07, 6.45) is 1.92. The Kier molecular flexibility index (Phi) is 5.84. The molecule has 138 valence electrons. The molecule has 0 bridgehead atoms. The van der Waals surface area contributed by atoms with E-state index in [1.54, 1.807) is 7.11 Å². The number of benzene rings is 2. The van der Waals surface area contributed by atoms with Gasteiger partial charge in [-0.15, -0.1) is 12.4 Å². The summed E-state index contributed by atoms with van der Waals surface area (Å²) in [6.45, 7) is 2.34. The number of ether oxygens (including phenoxy) is 1. The number of aryl methyl sites for hydroxylation is 1. The van der Waals surface area contributed by atoms with Crippen LogP contribution in [0.1, 0.15) is 35.1 Å². The largest absolute Gasteiger partial charge is 0.496 e. The van der Waals surface area contributed by atoms with Crippen LogP contribution in [-0.2, 0) is 11.2 Å². The second-order valence-corrected chi connectivity index (χ2v) is 6.78. The van der Waals surface area contributed by atoms with E-state index in [2.05, 4.69) is 34.5 Å². The molecule has 2 aromatic carbocycles. The Morgan fingerprint density at radius 1 is 1.12 bits per heavy atom. The molecule has 0 aromatic heterocycles. The predicted molar refractivity (Wildman–Crippen MR) is 105 cm³/mol. The second-order valence-electron chi connectivity index (χ2n) is 6.78. The van der Waals surface area contributed by atoms with E-state index in [-0.39, 0.29) is 30.3 Å². The van der Waals surface area contributed by atoms with Crippen LogP contribution in [0.4, 0.5) is 0 Å². The van der Waals surface area contributed by atoms with Crippen molar-refractivity contribution in [2.24, 2.45) is 0 Å². The smallest absolute Gasteiger partial charge is 0.230 e. The quantitative estimate of drug-likeness (QED) is 0.898. The van der Waals surface area contributed by atoms with Crippen LogP contribution in [0.15, 0.2) is 48.5 Å². The van der Waals surface area contributed by atoms with Gasteiger partial charge in [-0.2, -0.15) is 0 Å². The molecule has 1 aliphatic heterocycles. The van der Waals surface area contributed by atoms with E-state index in [1.807, 2.05) is 24.3 Å². The lowest BCUT2D eigenvalue weighted by atomic mass is 9.96. The van der Waals surface area contributed by atoms with Gasteiger partial charge in [0.15, 0.2) is 0 Å². The van der Waals surface area contributed by atoms with Crippen LogP contribution in [0.25, 0.3) is 0 Å². The van der Waals surface area contributed by atoms with Crippen LogP contribution in [0, 0.1) is 0 Å². The van der Waals surface area contributed by atoms with Crippen LogP contribution >= 0.6 is 12.4 Å². The maximum absolute atomic E-state index is 13.4. The summed E-state index contributed by atoms with van der Waals surface area (Å²) in [5.41, 5.74) is 3.62. The normalized spacial score (nSPS) is 21.7. The van der Waals surface area contributed by atoms with Gasteiger partial charge in [-0.3, -0.25) is 4.79 Å². The van der Waals surface area contributed by atoms with Crippen LogP contribution in [0.2, 0.25) is 0 Å². The highest BCUT2D eigenvalue weighted by Gasteiger charge is 2.36. The molecule has 2 unspecified atom stereocenters. The zero-order valence-corrected chi connectivity index (χ0v) is 15.8. The lowest BCUT2D eigenvalue weighted by Crippen LogP contribution is -2.50. The van der Waals surface area contributed by atoms with Gasteiger partial charge in [-0.25, -0.2) is 0 Å². The van der Waals surface area contributed by atoms with E-state index in [1.165, 1.54) is 11.1 Å². The van der Waals surface area contributed by atoms with Crippen molar-refractivity contribution in [2.45, 2.75) is 24.8 Å². The van der Waals surface area contributed by atoms with Crippen molar-refractivity contribution in [1.82, 2.24) is 10.2 Å². The number of carbonyl (C=O) groups is 1. The fourth-order valence-electron chi connectivity index (χ4n) is 4.20. The lowest BCUT2D eigenvalue weighted by Gasteiger charge is -2.38. The van der Waals surface area contributed by atoms with Gasteiger partial charge >= 0.3 is 0 Å². The number of nitrogens with one attached hydrogen (secondary N) is 1. The average Bonchev–Trinajstić information content (AvgIpc) is 3.11. The minimum absolute atomic E-state index is 0. The van der Waals surface area contributed by atoms with E-state index >= 15 is 0 Å². The molecule has 0 spiro atoms. The molecule has 5 heteroatoms. The highest BCUT2D eigenvalue weighted by molar-refractivity contribution is 5.86. The van der Waals surface area contributed by atoms with Gasteiger partial charge in [-0.05, 0) is 30.0 Å². The van der Waals surface area contributed by atoms with Gasteiger partial charge in [0.2, 0.25) is 5.91 Å². The molecule has 1 amide bonds. The number of rotatable bonds is 3. The van der Waals surface area contributed by atoms with Gasteiger partial charge < -0.3 is 15.0 Å². The number of halogens is 1. The summed E-state index contributed by atoms with van der Waals surface area (Å²) in [7, 11) is 1.69. The summed E-state index contributed by atoms with van der Waals surface area (Å²) in [5.74, 6) is 1.09. The molecular formula is C21H25ClN2O2. The van der Waals surface area contributed by atoms with Gasteiger partial charge in [0.25, 0.3) is 0 Å². The molecule has 26 heavy (non-hydrogen) atoms. The molecule has 4 nitrogen and oxygen atoms in total. The number of methoxy groups -OCH3 is 1. The monoisotopic (exact) mass is 372 g/mol. The third-order valence-electron chi connectivity index (χ3n) is 5.46. The number of hydrogen-bond acceptors (Lipinski definition) is 3. The zero-order chi connectivity index (χ0) is 17.2. The molecule has 2 aromatic rings. The minimum Gasteiger partial charge on any atom is -0.496 e. The maximum atomic E-state index is 13.4. The summed E-state index contributed by atoms with van der Waals surface area (Å²) in [5, 5.41) is 3.43. The Bertz CT molecular complexity index is 780. The molecule has 0 radical (unpaired) electrons. The fraction of sp³-hybridized carbons (Fsp3) is 0.381. The topological polar surface area (TPSA) is 41.6 Å². The molecule has 1 heterocycles. The lowest BCUT2D eigenvalue weighted by molar-refractivity contribution is -0.136. The Morgan fingerprint density at radius 2 is 1.85 bits per heavy atom. The molecule has 2 aliphatic rings. The highest BCUT2D eigenvalue weighted by Crippen LogP contribution is 2.37. The Morgan fingerprint density at radius 3 is 2.65 bits per heavy atom. The van der Waals surface area contributed by atoms with Crippen LogP contribution in [-0.4, -0.2) is 37.6 Å². The van der Waals surface area contributed by atoms with E-state index in [9.17, 15) is 4.79 Å². The molecule has 0 saturated carbocycles. The predicted octanol–water partition coefficient (Wildman–Crippen LogP) is 3.32. The first-order valence-corrected chi connectivity index (χ1v) is 9.01. The molecule has 1 saturated heterocycles. The number of para-hydroxylation sites is 1. The van der Waals surface area contributed by atoms with E-state index in [4.69, 9.17) is 4.74 Å². The number of amides is 1. The number of piperazine rings is 1. The van der Waals surface area contributed by atoms with Crippen molar-refractivity contribution in [2.75, 3.05) is 26.7 Å². The molecule has 1 fully saturated rings. The second kappa shape index (κ2) is 8.11. The maximum Gasteiger partial charge on any atom is 0.230 e.